The molecule has 1 aliphatic rings. The zero-order valence-electron chi connectivity index (χ0n) is 18.9. The van der Waals surface area contributed by atoms with Crippen molar-refractivity contribution in [2.75, 3.05) is 33.2 Å². The molecule has 0 unspecified atom stereocenters. The number of nitrogens with one attached hydrogen (secondary N) is 2. The van der Waals surface area contributed by atoms with Crippen LogP contribution >= 0.6 is 24.0 Å². The predicted molar refractivity (Wildman–Crippen MR) is 137 cm³/mol. The lowest BCUT2D eigenvalue weighted by molar-refractivity contribution is 0.198. The van der Waals surface area contributed by atoms with Crippen molar-refractivity contribution in [2.45, 2.75) is 44.9 Å². The lowest BCUT2D eigenvalue weighted by Gasteiger charge is -2.20. The number of para-hydroxylation sites is 1. The van der Waals surface area contributed by atoms with E-state index in [1.807, 2.05) is 43.4 Å². The van der Waals surface area contributed by atoms with Crippen LogP contribution in [0.2, 0.25) is 0 Å². The monoisotopic (exact) mass is 539 g/mol. The van der Waals surface area contributed by atoms with Crippen molar-refractivity contribution < 1.29 is 9.47 Å². The number of hydrogen-bond acceptors (Lipinski definition) is 5. The number of methoxy groups -OCH3 is 1. The Labute approximate surface area is 202 Å². The Kier molecular flexibility index (Phi) is 10.2. The number of anilines is 1. The molecule has 1 heterocycles. The van der Waals surface area contributed by atoms with Gasteiger partial charge in [0.2, 0.25) is 0 Å². The first-order valence-electron chi connectivity index (χ1n) is 10.5. The lowest BCUT2D eigenvalue weighted by Crippen LogP contribution is -2.36. The van der Waals surface area contributed by atoms with Gasteiger partial charge in [0, 0.05) is 46.0 Å². The van der Waals surface area contributed by atoms with Crippen LogP contribution in [0.1, 0.15) is 36.8 Å². The molecule has 2 aromatic rings. The van der Waals surface area contributed by atoms with E-state index in [-0.39, 0.29) is 30.1 Å². The minimum Gasteiger partial charge on any atom is -0.493 e. The van der Waals surface area contributed by atoms with Crippen LogP contribution in [0, 0.1) is 0 Å². The molecule has 1 aliphatic carbocycles. The highest BCUT2D eigenvalue weighted by atomic mass is 127. The number of rotatable bonds is 8. The van der Waals surface area contributed by atoms with Gasteiger partial charge in [-0.15, -0.1) is 24.0 Å². The SMILES string of the molecule is CN=C(NCc1ccnc(N(C)C)c1)NCc1cccc(OC)c1OC1CCCC1.I. The maximum Gasteiger partial charge on any atom is 0.191 e. The van der Waals surface area contributed by atoms with E-state index < -0.39 is 0 Å². The summed E-state index contributed by atoms with van der Waals surface area (Å²) in [4.78, 5) is 10.7. The van der Waals surface area contributed by atoms with E-state index in [4.69, 9.17) is 9.47 Å². The molecule has 0 amide bonds. The largest absolute Gasteiger partial charge is 0.493 e. The molecule has 1 fully saturated rings. The van der Waals surface area contributed by atoms with Gasteiger partial charge in [0.05, 0.1) is 13.2 Å². The van der Waals surface area contributed by atoms with E-state index >= 15 is 0 Å². The lowest BCUT2D eigenvalue weighted by atomic mass is 10.1. The molecule has 0 saturated heterocycles. The molecular formula is C23H34IN5O2. The van der Waals surface area contributed by atoms with Gasteiger partial charge in [-0.3, -0.25) is 4.99 Å². The molecule has 1 aromatic heterocycles. The van der Waals surface area contributed by atoms with Gasteiger partial charge < -0.3 is 25.0 Å². The van der Waals surface area contributed by atoms with Crippen molar-refractivity contribution in [1.29, 1.82) is 0 Å². The minimum atomic E-state index is 0. The maximum atomic E-state index is 6.32. The molecule has 8 heteroatoms. The Hall–Kier alpha value is -2.23. The second-order valence-corrected chi connectivity index (χ2v) is 7.67. The van der Waals surface area contributed by atoms with Gasteiger partial charge in [-0.25, -0.2) is 4.98 Å². The van der Waals surface area contributed by atoms with E-state index in [2.05, 4.69) is 32.7 Å². The van der Waals surface area contributed by atoms with Crippen molar-refractivity contribution in [2.24, 2.45) is 4.99 Å². The molecule has 2 N–H and O–H groups in total. The molecule has 0 spiro atoms. The van der Waals surface area contributed by atoms with E-state index in [1.165, 1.54) is 12.8 Å². The number of guanidine groups is 1. The van der Waals surface area contributed by atoms with E-state index in [0.29, 0.717) is 13.1 Å². The van der Waals surface area contributed by atoms with Gasteiger partial charge in [-0.05, 0) is 49.4 Å². The first-order chi connectivity index (χ1) is 14.6. The first kappa shape index (κ1) is 25.0. The highest BCUT2D eigenvalue weighted by Crippen LogP contribution is 2.34. The molecular weight excluding hydrogens is 505 g/mol. The van der Waals surface area contributed by atoms with Gasteiger partial charge in [0.15, 0.2) is 17.5 Å². The molecule has 0 atom stereocenters. The molecule has 3 rings (SSSR count). The third kappa shape index (κ3) is 7.15. The molecule has 0 bridgehead atoms. The van der Waals surface area contributed by atoms with Crippen LogP contribution < -0.4 is 25.0 Å². The maximum absolute atomic E-state index is 6.32. The van der Waals surface area contributed by atoms with Gasteiger partial charge in [0.1, 0.15) is 5.82 Å². The van der Waals surface area contributed by atoms with Crippen molar-refractivity contribution in [3.8, 4) is 11.5 Å². The fourth-order valence-corrected chi connectivity index (χ4v) is 3.57. The average Bonchev–Trinajstić information content (AvgIpc) is 3.28. The molecule has 1 saturated carbocycles. The summed E-state index contributed by atoms with van der Waals surface area (Å²) in [6.45, 7) is 1.25. The Morgan fingerprint density at radius 3 is 2.58 bits per heavy atom. The highest BCUT2D eigenvalue weighted by molar-refractivity contribution is 14.0. The smallest absolute Gasteiger partial charge is 0.191 e. The molecule has 31 heavy (non-hydrogen) atoms. The summed E-state index contributed by atoms with van der Waals surface area (Å²) in [7, 11) is 7.43. The number of halogens is 1. The minimum absolute atomic E-state index is 0. The zero-order valence-corrected chi connectivity index (χ0v) is 21.2. The first-order valence-corrected chi connectivity index (χ1v) is 10.5. The van der Waals surface area contributed by atoms with E-state index in [9.17, 15) is 0 Å². The van der Waals surface area contributed by atoms with Crippen molar-refractivity contribution in [1.82, 2.24) is 15.6 Å². The molecule has 1 aromatic carbocycles. The molecule has 7 nitrogen and oxygen atoms in total. The third-order valence-corrected chi connectivity index (χ3v) is 5.27. The standard InChI is InChI=1S/C23H33N5O2.HI/c1-24-23(26-15-17-12-13-25-21(14-17)28(2)3)27-16-18-8-7-11-20(29-4)22(18)30-19-9-5-6-10-19;/h7-8,11-14,19H,5-6,9-10,15-16H2,1-4H3,(H2,24,26,27);1H. The summed E-state index contributed by atoms with van der Waals surface area (Å²) in [5.41, 5.74) is 2.20. The summed E-state index contributed by atoms with van der Waals surface area (Å²) < 4.78 is 11.9. The number of pyridine rings is 1. The second kappa shape index (κ2) is 12.6. The number of nitrogens with zero attached hydrogens (tertiary/aromatic N) is 3. The van der Waals surface area contributed by atoms with Gasteiger partial charge >= 0.3 is 0 Å². The van der Waals surface area contributed by atoms with Crippen molar-refractivity contribution in [3.63, 3.8) is 0 Å². The highest BCUT2D eigenvalue weighted by Gasteiger charge is 2.20. The quantitative estimate of drug-likeness (QED) is 0.301. The van der Waals surface area contributed by atoms with Crippen LogP contribution in [-0.2, 0) is 13.1 Å². The third-order valence-electron chi connectivity index (χ3n) is 5.27. The van der Waals surface area contributed by atoms with Crippen molar-refractivity contribution in [3.05, 3.63) is 47.7 Å². The average molecular weight is 539 g/mol. The van der Waals surface area contributed by atoms with Gasteiger partial charge in [0.25, 0.3) is 0 Å². The Morgan fingerprint density at radius 2 is 1.90 bits per heavy atom. The normalized spacial score (nSPS) is 14.0. The topological polar surface area (TPSA) is 71.0 Å². The number of benzene rings is 1. The Morgan fingerprint density at radius 1 is 1.16 bits per heavy atom. The fraction of sp³-hybridized carbons (Fsp3) is 0.478. The number of aromatic nitrogens is 1. The number of ether oxygens (including phenoxy) is 2. The Bertz CT molecular complexity index is 854. The van der Waals surface area contributed by atoms with Crippen molar-refractivity contribution >= 4 is 35.8 Å². The molecule has 0 radical (unpaired) electrons. The number of aliphatic imine (C=N–C) groups is 1. The summed E-state index contributed by atoms with van der Waals surface area (Å²) in [6.07, 6.45) is 6.77. The van der Waals surface area contributed by atoms with E-state index in [0.717, 1.165) is 47.2 Å². The van der Waals surface area contributed by atoms with E-state index in [1.54, 1.807) is 14.2 Å². The van der Waals surface area contributed by atoms with Crippen LogP contribution in [0.15, 0.2) is 41.5 Å². The van der Waals surface area contributed by atoms with Crippen LogP contribution in [0.25, 0.3) is 0 Å². The number of hydrogen-bond donors (Lipinski definition) is 2. The van der Waals surface area contributed by atoms with Crippen LogP contribution in [0.3, 0.4) is 0 Å². The molecule has 170 valence electrons. The summed E-state index contributed by atoms with van der Waals surface area (Å²) in [5, 5.41) is 6.75. The predicted octanol–water partition coefficient (Wildman–Crippen LogP) is 3.96. The van der Waals surface area contributed by atoms with Crippen LogP contribution in [-0.4, -0.2) is 45.3 Å². The zero-order chi connectivity index (χ0) is 21.3. The molecule has 0 aliphatic heterocycles. The van der Waals surface area contributed by atoms with Crippen LogP contribution in [0.5, 0.6) is 11.5 Å². The van der Waals surface area contributed by atoms with Gasteiger partial charge in [-0.2, -0.15) is 0 Å². The summed E-state index contributed by atoms with van der Waals surface area (Å²) in [5.74, 6) is 3.27. The summed E-state index contributed by atoms with van der Waals surface area (Å²) in [6, 6.07) is 10.1. The fourth-order valence-electron chi connectivity index (χ4n) is 3.57. The van der Waals surface area contributed by atoms with Crippen LogP contribution in [0.4, 0.5) is 5.82 Å². The summed E-state index contributed by atoms with van der Waals surface area (Å²) >= 11 is 0. The van der Waals surface area contributed by atoms with Gasteiger partial charge in [-0.1, -0.05) is 12.1 Å². The second-order valence-electron chi connectivity index (χ2n) is 7.67. The Balaban J connectivity index is 0.00000341.